The Balaban J connectivity index is 1.74. The first-order chi connectivity index (χ1) is 13.8. The standard InChI is InChI=1S/C25H40O4/c1-17(2)8-4-5-9-18(3)12-13-22(26)25-21-15-19(10-6-7-11-24(28)29)14-20(21)16-23(25)27/h8,14,18,20-21,23,25,27H,4-7,9-13,15-16H2,1-3H3,(H,28,29)/t18?,20-,21-,23+,25-/m1/s1. The average molecular weight is 405 g/mol. The number of carboxylic acid groups (broad SMARTS) is 1. The third-order valence-corrected chi connectivity index (χ3v) is 6.73. The smallest absolute Gasteiger partial charge is 0.303 e. The number of ketones is 1. The number of hydrogen-bond donors (Lipinski definition) is 2. The van der Waals surface area contributed by atoms with Crippen LogP contribution in [0, 0.1) is 23.7 Å². The van der Waals surface area contributed by atoms with Gasteiger partial charge in [0.25, 0.3) is 0 Å². The summed E-state index contributed by atoms with van der Waals surface area (Å²) in [5.41, 5.74) is 2.73. The highest BCUT2D eigenvalue weighted by Gasteiger charge is 2.47. The molecule has 2 aliphatic rings. The molecule has 2 aliphatic carbocycles. The van der Waals surface area contributed by atoms with Crippen LogP contribution in [0.2, 0.25) is 0 Å². The topological polar surface area (TPSA) is 74.6 Å². The van der Waals surface area contributed by atoms with Crippen molar-refractivity contribution in [2.24, 2.45) is 23.7 Å². The van der Waals surface area contributed by atoms with Crippen LogP contribution in [0.4, 0.5) is 0 Å². The van der Waals surface area contributed by atoms with Gasteiger partial charge >= 0.3 is 5.97 Å². The second-order valence-corrected chi connectivity index (χ2v) is 9.61. The van der Waals surface area contributed by atoms with Crippen molar-refractivity contribution in [1.29, 1.82) is 0 Å². The van der Waals surface area contributed by atoms with Gasteiger partial charge in [-0.15, -0.1) is 0 Å². The van der Waals surface area contributed by atoms with E-state index in [2.05, 4.69) is 32.9 Å². The van der Waals surface area contributed by atoms with Crippen molar-refractivity contribution in [3.63, 3.8) is 0 Å². The lowest BCUT2D eigenvalue weighted by Crippen LogP contribution is -2.28. The fourth-order valence-electron chi connectivity index (χ4n) is 5.12. The van der Waals surface area contributed by atoms with Gasteiger partial charge in [0.2, 0.25) is 0 Å². The minimum Gasteiger partial charge on any atom is -0.481 e. The van der Waals surface area contributed by atoms with Gasteiger partial charge in [-0.25, -0.2) is 0 Å². The van der Waals surface area contributed by atoms with Gasteiger partial charge in [0.15, 0.2) is 0 Å². The van der Waals surface area contributed by atoms with Crippen molar-refractivity contribution in [2.75, 3.05) is 0 Å². The lowest BCUT2D eigenvalue weighted by Gasteiger charge is -2.21. The van der Waals surface area contributed by atoms with Crippen molar-refractivity contribution in [2.45, 2.75) is 97.5 Å². The zero-order valence-electron chi connectivity index (χ0n) is 18.5. The molecule has 2 rings (SSSR count). The first-order valence-corrected chi connectivity index (χ1v) is 11.5. The Morgan fingerprint density at radius 3 is 2.62 bits per heavy atom. The maximum absolute atomic E-state index is 12.9. The summed E-state index contributed by atoms with van der Waals surface area (Å²) >= 11 is 0. The zero-order valence-corrected chi connectivity index (χ0v) is 18.5. The normalized spacial score (nSPS) is 26.7. The lowest BCUT2D eigenvalue weighted by atomic mass is 9.83. The third kappa shape index (κ3) is 7.73. The number of carboxylic acids is 1. The summed E-state index contributed by atoms with van der Waals surface area (Å²) in [5.74, 6) is 0.453. The predicted molar refractivity (Wildman–Crippen MR) is 117 cm³/mol. The Morgan fingerprint density at radius 2 is 1.93 bits per heavy atom. The van der Waals surface area contributed by atoms with Crippen molar-refractivity contribution < 1.29 is 19.8 Å². The van der Waals surface area contributed by atoms with Crippen LogP contribution in [0.5, 0.6) is 0 Å². The Morgan fingerprint density at radius 1 is 1.17 bits per heavy atom. The monoisotopic (exact) mass is 404 g/mol. The Labute approximate surface area is 176 Å². The molecule has 29 heavy (non-hydrogen) atoms. The number of allylic oxidation sites excluding steroid dienone is 4. The van der Waals surface area contributed by atoms with E-state index in [1.807, 2.05) is 0 Å². The number of aliphatic carboxylic acids is 1. The molecule has 0 aromatic rings. The first-order valence-electron chi connectivity index (χ1n) is 11.5. The van der Waals surface area contributed by atoms with Crippen molar-refractivity contribution in [3.05, 3.63) is 23.3 Å². The van der Waals surface area contributed by atoms with Gasteiger partial charge in [-0.1, -0.05) is 36.6 Å². The van der Waals surface area contributed by atoms with Gasteiger partial charge in [-0.05, 0) is 83.0 Å². The predicted octanol–water partition coefficient (Wildman–Crippen LogP) is 5.70. The van der Waals surface area contributed by atoms with E-state index < -0.39 is 12.1 Å². The van der Waals surface area contributed by atoms with Gasteiger partial charge in [0.05, 0.1) is 6.10 Å². The van der Waals surface area contributed by atoms with E-state index in [9.17, 15) is 14.7 Å². The van der Waals surface area contributed by atoms with Crippen LogP contribution in [0.15, 0.2) is 23.3 Å². The number of unbranched alkanes of at least 4 members (excludes halogenated alkanes) is 2. The largest absolute Gasteiger partial charge is 0.481 e. The number of aliphatic hydroxyl groups excluding tert-OH is 1. The molecule has 0 aromatic heterocycles. The molecular formula is C25H40O4. The van der Waals surface area contributed by atoms with Gasteiger partial charge in [0.1, 0.15) is 5.78 Å². The SMILES string of the molecule is CC(C)=CCCCC(C)CCC(=O)[C@H]1[C@@H]2CC(CCCCC(=O)O)=C[C@@H]2C[C@@H]1O. The molecule has 0 amide bonds. The quantitative estimate of drug-likeness (QED) is 0.305. The van der Waals surface area contributed by atoms with Crippen LogP contribution in [0.1, 0.15) is 91.4 Å². The highest BCUT2D eigenvalue weighted by atomic mass is 16.4. The van der Waals surface area contributed by atoms with Gasteiger partial charge in [0, 0.05) is 18.8 Å². The van der Waals surface area contributed by atoms with E-state index in [-0.39, 0.29) is 24.0 Å². The molecule has 0 saturated heterocycles. The van der Waals surface area contributed by atoms with E-state index in [1.54, 1.807) is 0 Å². The van der Waals surface area contributed by atoms with Crippen molar-refractivity contribution >= 4 is 11.8 Å². The number of carbonyl (C=O) groups excluding carboxylic acids is 1. The fourth-order valence-corrected chi connectivity index (χ4v) is 5.12. The highest BCUT2D eigenvalue weighted by Crippen LogP contribution is 2.48. The highest BCUT2D eigenvalue weighted by molar-refractivity contribution is 5.82. The number of fused-ring (bicyclic) bond motifs is 1. The molecule has 1 unspecified atom stereocenters. The molecule has 0 spiro atoms. The summed E-state index contributed by atoms with van der Waals surface area (Å²) in [6.07, 6.45) is 13.4. The van der Waals surface area contributed by atoms with Crippen LogP contribution >= 0.6 is 0 Å². The third-order valence-electron chi connectivity index (χ3n) is 6.73. The molecule has 1 saturated carbocycles. The molecule has 0 radical (unpaired) electrons. The Kier molecular flexibility index (Phi) is 9.61. The summed E-state index contributed by atoms with van der Waals surface area (Å²) in [4.78, 5) is 23.5. The summed E-state index contributed by atoms with van der Waals surface area (Å²) < 4.78 is 0. The Hall–Kier alpha value is -1.42. The van der Waals surface area contributed by atoms with Crippen molar-refractivity contribution in [3.8, 4) is 0 Å². The van der Waals surface area contributed by atoms with E-state index >= 15 is 0 Å². The van der Waals surface area contributed by atoms with Crippen LogP contribution in [-0.4, -0.2) is 28.1 Å². The number of rotatable bonds is 13. The van der Waals surface area contributed by atoms with Gasteiger partial charge in [-0.3, -0.25) is 9.59 Å². The van der Waals surface area contributed by atoms with E-state index in [0.717, 1.165) is 38.5 Å². The molecule has 2 N–H and O–H groups in total. The molecule has 164 valence electrons. The van der Waals surface area contributed by atoms with Crippen LogP contribution < -0.4 is 0 Å². The zero-order chi connectivity index (χ0) is 21.4. The average Bonchev–Trinajstić information content (AvgIpc) is 3.15. The minimum absolute atomic E-state index is 0.203. The van der Waals surface area contributed by atoms with Crippen LogP contribution in [0.3, 0.4) is 0 Å². The number of aliphatic hydroxyl groups is 1. The molecule has 0 aliphatic heterocycles. The van der Waals surface area contributed by atoms with Crippen LogP contribution in [-0.2, 0) is 9.59 Å². The van der Waals surface area contributed by atoms with Gasteiger partial charge < -0.3 is 10.2 Å². The molecule has 1 fully saturated rings. The maximum Gasteiger partial charge on any atom is 0.303 e. The molecular weight excluding hydrogens is 364 g/mol. The minimum atomic E-state index is -0.734. The molecule has 0 heterocycles. The van der Waals surface area contributed by atoms with E-state index in [1.165, 1.54) is 17.6 Å². The van der Waals surface area contributed by atoms with E-state index in [4.69, 9.17) is 5.11 Å². The number of Topliss-reactive ketones (excluding diaryl/α,β-unsaturated/α-hetero) is 1. The molecule has 0 bridgehead atoms. The molecule has 4 nitrogen and oxygen atoms in total. The fraction of sp³-hybridized carbons (Fsp3) is 0.760. The maximum atomic E-state index is 12.9. The molecule has 5 atom stereocenters. The number of hydrogen-bond acceptors (Lipinski definition) is 3. The second-order valence-electron chi connectivity index (χ2n) is 9.61. The lowest BCUT2D eigenvalue weighted by molar-refractivity contribution is -0.137. The summed E-state index contributed by atoms with van der Waals surface area (Å²) in [6, 6.07) is 0. The van der Waals surface area contributed by atoms with Crippen molar-refractivity contribution in [1.82, 2.24) is 0 Å². The number of carbonyl (C=O) groups is 2. The summed E-state index contributed by atoms with van der Waals surface area (Å²) in [7, 11) is 0. The first kappa shape index (κ1) is 23.9. The van der Waals surface area contributed by atoms with E-state index in [0.29, 0.717) is 31.1 Å². The summed E-state index contributed by atoms with van der Waals surface area (Å²) in [5, 5.41) is 19.2. The Bertz CT molecular complexity index is 614. The summed E-state index contributed by atoms with van der Waals surface area (Å²) in [6.45, 7) is 6.49. The second kappa shape index (κ2) is 11.7. The molecule has 0 aromatic carbocycles. The van der Waals surface area contributed by atoms with Crippen LogP contribution in [0.25, 0.3) is 0 Å². The van der Waals surface area contributed by atoms with Gasteiger partial charge in [-0.2, -0.15) is 0 Å². The molecule has 4 heteroatoms.